The summed E-state index contributed by atoms with van der Waals surface area (Å²) in [4.78, 5) is 28.5. The first-order chi connectivity index (χ1) is 11.3. The highest BCUT2D eigenvalue weighted by Crippen LogP contribution is 2.30. The number of amides is 1. The van der Waals surface area contributed by atoms with Crippen molar-refractivity contribution in [3.05, 3.63) is 34.8 Å². The molecule has 2 aromatic rings. The number of carbonyl (C=O) groups is 2. The molecule has 0 aliphatic heterocycles. The Bertz CT molecular complexity index is 755. The highest BCUT2D eigenvalue weighted by atomic mass is 32.1. The summed E-state index contributed by atoms with van der Waals surface area (Å²) in [5.74, 6) is -0.969. The fourth-order valence-electron chi connectivity index (χ4n) is 2.21. The minimum atomic E-state index is -1.05. The Morgan fingerprint density at radius 1 is 1.33 bits per heavy atom. The van der Waals surface area contributed by atoms with Crippen molar-refractivity contribution >= 4 is 23.2 Å². The van der Waals surface area contributed by atoms with Gasteiger partial charge in [0.05, 0.1) is 12.8 Å². The maximum atomic E-state index is 12.4. The van der Waals surface area contributed by atoms with E-state index in [4.69, 9.17) is 4.74 Å². The van der Waals surface area contributed by atoms with Crippen molar-refractivity contribution in [1.82, 2.24) is 10.3 Å². The van der Waals surface area contributed by atoms with Crippen molar-refractivity contribution in [3.63, 3.8) is 0 Å². The number of aryl methyl sites for hydroxylation is 1. The van der Waals surface area contributed by atoms with Crippen LogP contribution in [0.5, 0.6) is 5.75 Å². The number of nitrogens with one attached hydrogen (secondary N) is 1. The van der Waals surface area contributed by atoms with E-state index >= 15 is 0 Å². The number of aliphatic carboxylic acids is 1. The molecule has 1 aromatic heterocycles. The van der Waals surface area contributed by atoms with Crippen LogP contribution in [0.4, 0.5) is 0 Å². The van der Waals surface area contributed by atoms with E-state index in [9.17, 15) is 14.7 Å². The fourth-order valence-corrected chi connectivity index (χ4v) is 3.17. The van der Waals surface area contributed by atoms with E-state index in [-0.39, 0.29) is 5.92 Å². The molecular formula is C17H20N2O4S. The van der Waals surface area contributed by atoms with Crippen LogP contribution in [0.1, 0.15) is 29.2 Å². The first kappa shape index (κ1) is 17.9. The minimum Gasteiger partial charge on any atom is -0.497 e. The van der Waals surface area contributed by atoms with E-state index in [0.717, 1.165) is 5.56 Å². The number of nitrogens with zero attached hydrogens (tertiary/aromatic N) is 1. The first-order valence-corrected chi connectivity index (χ1v) is 8.30. The number of ether oxygens (including phenoxy) is 1. The summed E-state index contributed by atoms with van der Waals surface area (Å²) in [6.45, 7) is 5.24. The third-order valence-corrected chi connectivity index (χ3v) is 4.74. The van der Waals surface area contributed by atoms with Crippen molar-refractivity contribution in [1.29, 1.82) is 0 Å². The van der Waals surface area contributed by atoms with Gasteiger partial charge in [-0.1, -0.05) is 26.0 Å². The second kappa shape index (κ2) is 7.44. The summed E-state index contributed by atoms with van der Waals surface area (Å²) >= 11 is 1.23. The van der Waals surface area contributed by atoms with Gasteiger partial charge in [-0.05, 0) is 25.0 Å². The third-order valence-electron chi connectivity index (χ3n) is 3.54. The van der Waals surface area contributed by atoms with Crippen molar-refractivity contribution in [2.24, 2.45) is 5.92 Å². The van der Waals surface area contributed by atoms with Crippen LogP contribution in [-0.4, -0.2) is 35.1 Å². The molecule has 0 saturated heterocycles. The van der Waals surface area contributed by atoms with Crippen LogP contribution in [0.15, 0.2) is 24.3 Å². The van der Waals surface area contributed by atoms with Gasteiger partial charge in [-0.15, -0.1) is 11.3 Å². The molecule has 24 heavy (non-hydrogen) atoms. The number of aromatic nitrogens is 1. The first-order valence-electron chi connectivity index (χ1n) is 7.49. The second-order valence-corrected chi connectivity index (χ2v) is 6.70. The Balaban J connectivity index is 2.27. The largest absolute Gasteiger partial charge is 0.497 e. The van der Waals surface area contributed by atoms with Gasteiger partial charge in [0.15, 0.2) is 0 Å². The molecule has 0 bridgehead atoms. The van der Waals surface area contributed by atoms with Gasteiger partial charge in [0, 0.05) is 5.56 Å². The van der Waals surface area contributed by atoms with Crippen LogP contribution >= 0.6 is 11.3 Å². The molecule has 6 nitrogen and oxygen atoms in total. The van der Waals surface area contributed by atoms with Gasteiger partial charge < -0.3 is 15.2 Å². The number of benzene rings is 1. The Morgan fingerprint density at radius 2 is 2.04 bits per heavy atom. The van der Waals surface area contributed by atoms with Crippen molar-refractivity contribution in [3.8, 4) is 16.3 Å². The van der Waals surface area contributed by atoms with E-state index in [1.165, 1.54) is 11.3 Å². The average Bonchev–Trinajstić information content (AvgIpc) is 2.93. The molecule has 0 unspecified atom stereocenters. The number of methoxy groups -OCH3 is 1. The molecule has 0 aliphatic carbocycles. The molecule has 2 N–H and O–H groups in total. The number of rotatable bonds is 6. The van der Waals surface area contributed by atoms with Crippen molar-refractivity contribution in [2.45, 2.75) is 26.8 Å². The van der Waals surface area contributed by atoms with Gasteiger partial charge in [0.1, 0.15) is 21.7 Å². The number of carboxylic acid groups (broad SMARTS) is 1. The predicted octanol–water partition coefficient (Wildman–Crippen LogP) is 2.97. The summed E-state index contributed by atoms with van der Waals surface area (Å²) in [7, 11) is 1.59. The highest BCUT2D eigenvalue weighted by molar-refractivity contribution is 7.17. The molecule has 0 aliphatic rings. The number of carbonyl (C=O) groups excluding carboxylic acids is 1. The van der Waals surface area contributed by atoms with Crippen molar-refractivity contribution < 1.29 is 19.4 Å². The van der Waals surface area contributed by atoms with E-state index in [0.29, 0.717) is 21.3 Å². The molecule has 0 fully saturated rings. The number of hydrogen-bond acceptors (Lipinski definition) is 5. The number of thiazole rings is 1. The van der Waals surface area contributed by atoms with E-state index in [1.807, 2.05) is 24.3 Å². The van der Waals surface area contributed by atoms with E-state index < -0.39 is 17.9 Å². The minimum absolute atomic E-state index is 0.211. The Kier molecular flexibility index (Phi) is 5.56. The zero-order valence-corrected chi connectivity index (χ0v) is 14.8. The van der Waals surface area contributed by atoms with E-state index in [2.05, 4.69) is 10.3 Å². The van der Waals surface area contributed by atoms with E-state index in [1.54, 1.807) is 27.9 Å². The quantitative estimate of drug-likeness (QED) is 0.838. The third kappa shape index (κ3) is 3.91. The Labute approximate surface area is 144 Å². The van der Waals surface area contributed by atoms with Crippen LogP contribution in [0.25, 0.3) is 10.6 Å². The zero-order chi connectivity index (χ0) is 17.9. The molecule has 1 heterocycles. The summed E-state index contributed by atoms with van der Waals surface area (Å²) in [6, 6.07) is 6.48. The van der Waals surface area contributed by atoms with Gasteiger partial charge in [0.2, 0.25) is 0 Å². The van der Waals surface area contributed by atoms with Crippen molar-refractivity contribution in [2.75, 3.05) is 7.11 Å². The topological polar surface area (TPSA) is 88.5 Å². The zero-order valence-electron chi connectivity index (χ0n) is 14.0. The Morgan fingerprint density at radius 3 is 2.62 bits per heavy atom. The SMILES string of the molecule is COc1cccc(-c2nc(C)c(C(=O)N[C@H](C(=O)O)C(C)C)s2)c1. The standard InChI is InChI=1S/C17H20N2O4S/c1-9(2)13(17(21)22)19-15(20)14-10(3)18-16(24-14)11-6-5-7-12(8-11)23-4/h5-9,13H,1-4H3,(H,19,20)(H,21,22)/t13-/m0/s1. The molecule has 2 rings (SSSR count). The lowest BCUT2D eigenvalue weighted by molar-refractivity contribution is -0.140. The molecule has 128 valence electrons. The van der Waals surface area contributed by atoms with Gasteiger partial charge in [0.25, 0.3) is 5.91 Å². The summed E-state index contributed by atoms with van der Waals surface area (Å²) in [5.41, 5.74) is 1.42. The molecule has 1 aromatic carbocycles. The van der Waals surface area contributed by atoms with Crippen LogP contribution in [0.3, 0.4) is 0 Å². The number of carboxylic acids is 1. The molecular weight excluding hydrogens is 328 g/mol. The monoisotopic (exact) mass is 348 g/mol. The maximum Gasteiger partial charge on any atom is 0.326 e. The predicted molar refractivity (Wildman–Crippen MR) is 92.6 cm³/mol. The Hall–Kier alpha value is -2.41. The van der Waals surface area contributed by atoms with Crippen LogP contribution in [-0.2, 0) is 4.79 Å². The van der Waals surface area contributed by atoms with Crippen LogP contribution in [0, 0.1) is 12.8 Å². The lowest BCUT2D eigenvalue weighted by Crippen LogP contribution is -2.44. The molecule has 0 saturated carbocycles. The molecule has 0 spiro atoms. The second-order valence-electron chi connectivity index (χ2n) is 5.70. The number of hydrogen-bond donors (Lipinski definition) is 2. The smallest absolute Gasteiger partial charge is 0.326 e. The molecule has 1 atom stereocenters. The van der Waals surface area contributed by atoms with Gasteiger partial charge >= 0.3 is 5.97 Å². The van der Waals surface area contributed by atoms with Crippen LogP contribution in [0.2, 0.25) is 0 Å². The fraction of sp³-hybridized carbons (Fsp3) is 0.353. The van der Waals surface area contributed by atoms with Crippen LogP contribution < -0.4 is 10.1 Å². The molecule has 7 heteroatoms. The summed E-state index contributed by atoms with van der Waals surface area (Å²) in [6.07, 6.45) is 0. The van der Waals surface area contributed by atoms with Gasteiger partial charge in [-0.3, -0.25) is 4.79 Å². The normalized spacial score (nSPS) is 12.0. The lowest BCUT2D eigenvalue weighted by Gasteiger charge is -2.17. The molecule has 1 amide bonds. The van der Waals surface area contributed by atoms with Gasteiger partial charge in [-0.25, -0.2) is 9.78 Å². The summed E-state index contributed by atoms with van der Waals surface area (Å²) in [5, 5.41) is 12.5. The van der Waals surface area contributed by atoms with Gasteiger partial charge in [-0.2, -0.15) is 0 Å². The summed E-state index contributed by atoms with van der Waals surface area (Å²) < 4.78 is 5.20. The average molecular weight is 348 g/mol. The molecule has 0 radical (unpaired) electrons. The lowest BCUT2D eigenvalue weighted by atomic mass is 10.0. The maximum absolute atomic E-state index is 12.4. The highest BCUT2D eigenvalue weighted by Gasteiger charge is 2.26.